The highest BCUT2D eigenvalue weighted by molar-refractivity contribution is 6.00. The van der Waals surface area contributed by atoms with Crippen LogP contribution in [0.4, 0.5) is 17.1 Å². The summed E-state index contributed by atoms with van der Waals surface area (Å²) in [5, 5.41) is 12.2. The number of primary amides is 1. The number of nitrogen functional groups attached to an aromatic ring is 1. The van der Waals surface area contributed by atoms with Gasteiger partial charge < -0.3 is 21.5 Å². The second-order valence-electron chi connectivity index (χ2n) is 4.29. The highest BCUT2D eigenvalue weighted by atomic mass is 16.5. The van der Waals surface area contributed by atoms with Gasteiger partial charge in [0.2, 0.25) is 0 Å². The van der Waals surface area contributed by atoms with Crippen molar-refractivity contribution >= 4 is 23.0 Å². The molecule has 0 aromatic heterocycles. The minimum atomic E-state index is -0.592. The third kappa shape index (κ3) is 2.87. The number of methoxy groups -OCH3 is 1. The van der Waals surface area contributed by atoms with E-state index in [0.717, 1.165) is 0 Å². The standard InChI is InChI=1S/C15H14N4O2/c1-21-13-4-2-3-9(8-16)14(13)19-12-7-10(17)5-6-11(12)15(18)20/h2-7,19H,17H2,1H3,(H2,18,20). The van der Waals surface area contributed by atoms with E-state index in [2.05, 4.69) is 11.4 Å². The summed E-state index contributed by atoms with van der Waals surface area (Å²) in [4.78, 5) is 11.5. The molecule has 2 aromatic carbocycles. The molecule has 106 valence electrons. The summed E-state index contributed by atoms with van der Waals surface area (Å²) in [6.07, 6.45) is 0. The van der Waals surface area contributed by atoms with E-state index in [4.69, 9.17) is 16.2 Å². The maximum Gasteiger partial charge on any atom is 0.250 e. The van der Waals surface area contributed by atoms with Crippen LogP contribution in [0.5, 0.6) is 5.75 Å². The molecule has 0 aliphatic heterocycles. The van der Waals surface area contributed by atoms with Crippen molar-refractivity contribution in [1.82, 2.24) is 0 Å². The zero-order valence-electron chi connectivity index (χ0n) is 11.4. The Kier molecular flexibility index (Phi) is 3.95. The Morgan fingerprint density at radius 2 is 2.10 bits per heavy atom. The zero-order valence-corrected chi connectivity index (χ0v) is 11.4. The molecule has 6 heteroatoms. The van der Waals surface area contributed by atoms with E-state index >= 15 is 0 Å². The molecule has 1 amide bonds. The fraction of sp³-hybridized carbons (Fsp3) is 0.0667. The number of rotatable bonds is 4. The van der Waals surface area contributed by atoms with Gasteiger partial charge in [-0.2, -0.15) is 5.26 Å². The molecule has 0 saturated carbocycles. The molecule has 0 spiro atoms. The third-order valence-electron chi connectivity index (χ3n) is 2.94. The predicted molar refractivity (Wildman–Crippen MR) is 80.4 cm³/mol. The van der Waals surface area contributed by atoms with Gasteiger partial charge >= 0.3 is 0 Å². The van der Waals surface area contributed by atoms with Gasteiger partial charge in [0.25, 0.3) is 5.91 Å². The highest BCUT2D eigenvalue weighted by Crippen LogP contribution is 2.32. The molecule has 0 aliphatic rings. The van der Waals surface area contributed by atoms with Gasteiger partial charge in [-0.3, -0.25) is 4.79 Å². The van der Waals surface area contributed by atoms with Crippen LogP contribution in [0.15, 0.2) is 36.4 Å². The van der Waals surface area contributed by atoms with Crippen LogP contribution in [-0.4, -0.2) is 13.0 Å². The van der Waals surface area contributed by atoms with E-state index in [1.165, 1.54) is 13.2 Å². The lowest BCUT2D eigenvalue weighted by molar-refractivity contribution is 0.100. The summed E-state index contributed by atoms with van der Waals surface area (Å²) in [5.41, 5.74) is 13.1. The predicted octanol–water partition coefficient (Wildman–Crippen LogP) is 1.99. The number of ether oxygens (including phenoxy) is 1. The van der Waals surface area contributed by atoms with Crippen molar-refractivity contribution < 1.29 is 9.53 Å². The Morgan fingerprint density at radius 3 is 2.71 bits per heavy atom. The van der Waals surface area contributed by atoms with Gasteiger partial charge in [0.15, 0.2) is 0 Å². The maximum atomic E-state index is 11.5. The molecular formula is C15H14N4O2. The van der Waals surface area contributed by atoms with E-state index < -0.39 is 5.91 Å². The lowest BCUT2D eigenvalue weighted by atomic mass is 10.1. The lowest BCUT2D eigenvalue weighted by Crippen LogP contribution is -2.14. The number of benzene rings is 2. The first-order valence-electron chi connectivity index (χ1n) is 6.10. The fourth-order valence-electron chi connectivity index (χ4n) is 1.94. The minimum absolute atomic E-state index is 0.277. The van der Waals surface area contributed by atoms with Crippen LogP contribution >= 0.6 is 0 Å². The zero-order chi connectivity index (χ0) is 15.4. The van der Waals surface area contributed by atoms with Crippen molar-refractivity contribution in [3.8, 4) is 11.8 Å². The second kappa shape index (κ2) is 5.84. The molecule has 0 radical (unpaired) electrons. The van der Waals surface area contributed by atoms with Crippen molar-refractivity contribution in [3.63, 3.8) is 0 Å². The van der Waals surface area contributed by atoms with Gasteiger partial charge in [0.1, 0.15) is 11.8 Å². The molecule has 0 saturated heterocycles. The van der Waals surface area contributed by atoms with Crippen LogP contribution in [0.2, 0.25) is 0 Å². The molecule has 2 rings (SSSR count). The van der Waals surface area contributed by atoms with E-state index in [-0.39, 0.29) is 5.56 Å². The van der Waals surface area contributed by atoms with Crippen molar-refractivity contribution in [2.45, 2.75) is 0 Å². The summed E-state index contributed by atoms with van der Waals surface area (Å²) in [5.74, 6) is -0.113. The Balaban J connectivity index is 2.55. The van der Waals surface area contributed by atoms with E-state index in [1.807, 2.05) is 0 Å². The quantitative estimate of drug-likeness (QED) is 0.742. The summed E-state index contributed by atoms with van der Waals surface area (Å²) in [6, 6.07) is 11.8. The van der Waals surface area contributed by atoms with E-state index in [0.29, 0.717) is 28.4 Å². The molecule has 0 heterocycles. The molecule has 0 unspecified atom stereocenters. The summed E-state index contributed by atoms with van der Waals surface area (Å²) < 4.78 is 5.23. The first-order chi connectivity index (χ1) is 10.1. The Hall–Kier alpha value is -3.20. The van der Waals surface area contributed by atoms with Gasteiger partial charge in [-0.15, -0.1) is 0 Å². The number of nitrogens with one attached hydrogen (secondary N) is 1. The number of para-hydroxylation sites is 1. The molecule has 0 aliphatic carbocycles. The van der Waals surface area contributed by atoms with Crippen LogP contribution in [0.3, 0.4) is 0 Å². The number of nitriles is 1. The van der Waals surface area contributed by atoms with Gasteiger partial charge in [-0.05, 0) is 30.3 Å². The minimum Gasteiger partial charge on any atom is -0.495 e. The van der Waals surface area contributed by atoms with Crippen LogP contribution in [-0.2, 0) is 0 Å². The number of carbonyl (C=O) groups excluding carboxylic acids is 1. The molecular weight excluding hydrogens is 268 g/mol. The molecule has 6 nitrogen and oxygen atoms in total. The molecule has 0 atom stereocenters. The third-order valence-corrected chi connectivity index (χ3v) is 2.94. The number of nitrogens with zero attached hydrogens (tertiary/aromatic N) is 1. The number of nitrogens with two attached hydrogens (primary N) is 2. The van der Waals surface area contributed by atoms with Gasteiger partial charge in [0, 0.05) is 5.69 Å². The smallest absolute Gasteiger partial charge is 0.250 e. The molecule has 0 fully saturated rings. The maximum absolute atomic E-state index is 11.5. The number of anilines is 3. The summed E-state index contributed by atoms with van der Waals surface area (Å²) >= 11 is 0. The van der Waals surface area contributed by atoms with Crippen LogP contribution in [0.25, 0.3) is 0 Å². The summed E-state index contributed by atoms with van der Waals surface area (Å²) in [6.45, 7) is 0. The largest absolute Gasteiger partial charge is 0.495 e. The van der Waals surface area contributed by atoms with Gasteiger partial charge in [-0.1, -0.05) is 6.07 Å². The second-order valence-corrected chi connectivity index (χ2v) is 4.29. The SMILES string of the molecule is COc1cccc(C#N)c1Nc1cc(N)ccc1C(N)=O. The molecule has 21 heavy (non-hydrogen) atoms. The van der Waals surface area contributed by atoms with E-state index in [9.17, 15) is 10.1 Å². The van der Waals surface area contributed by atoms with E-state index in [1.54, 1.807) is 30.3 Å². The van der Waals surface area contributed by atoms with Crippen LogP contribution in [0, 0.1) is 11.3 Å². The van der Waals surface area contributed by atoms with Crippen LogP contribution < -0.4 is 21.5 Å². The first-order valence-corrected chi connectivity index (χ1v) is 6.10. The lowest BCUT2D eigenvalue weighted by Gasteiger charge is -2.15. The number of hydrogen-bond donors (Lipinski definition) is 3. The Labute approximate surface area is 121 Å². The number of carbonyl (C=O) groups is 1. The first kappa shape index (κ1) is 14.2. The van der Waals surface area contributed by atoms with Crippen LogP contribution in [0.1, 0.15) is 15.9 Å². The Bertz CT molecular complexity index is 735. The number of hydrogen-bond acceptors (Lipinski definition) is 5. The van der Waals surface area contributed by atoms with Crippen molar-refractivity contribution in [2.75, 3.05) is 18.2 Å². The number of amides is 1. The molecule has 2 aromatic rings. The average molecular weight is 282 g/mol. The topological polar surface area (TPSA) is 114 Å². The van der Waals surface area contributed by atoms with Crippen molar-refractivity contribution in [2.24, 2.45) is 5.73 Å². The monoisotopic (exact) mass is 282 g/mol. The van der Waals surface area contributed by atoms with Crippen molar-refractivity contribution in [3.05, 3.63) is 47.5 Å². The normalized spacial score (nSPS) is 9.71. The Morgan fingerprint density at radius 1 is 1.33 bits per heavy atom. The summed E-state index contributed by atoms with van der Waals surface area (Å²) in [7, 11) is 1.50. The average Bonchev–Trinajstić information content (AvgIpc) is 2.47. The van der Waals surface area contributed by atoms with Crippen molar-refractivity contribution in [1.29, 1.82) is 5.26 Å². The van der Waals surface area contributed by atoms with Gasteiger partial charge in [0.05, 0.1) is 29.6 Å². The fourth-order valence-corrected chi connectivity index (χ4v) is 1.94. The highest BCUT2D eigenvalue weighted by Gasteiger charge is 2.14. The van der Waals surface area contributed by atoms with Gasteiger partial charge in [-0.25, -0.2) is 0 Å². The molecule has 0 bridgehead atoms. The molecule has 5 N–H and O–H groups in total.